The highest BCUT2D eigenvalue weighted by atomic mass is 16.2. The summed E-state index contributed by atoms with van der Waals surface area (Å²) in [5.74, 6) is 0.0283. The van der Waals surface area contributed by atoms with Crippen LogP contribution in [0.2, 0.25) is 0 Å². The highest BCUT2D eigenvalue weighted by Crippen LogP contribution is 2.12. The Kier molecular flexibility index (Phi) is 3.74. The Labute approximate surface area is 102 Å². The van der Waals surface area contributed by atoms with Crippen molar-refractivity contribution in [3.8, 4) is 0 Å². The number of pyridine rings is 1. The zero-order valence-corrected chi connectivity index (χ0v) is 10.4. The van der Waals surface area contributed by atoms with Gasteiger partial charge >= 0.3 is 0 Å². The van der Waals surface area contributed by atoms with Gasteiger partial charge in [-0.25, -0.2) is 4.98 Å². The molecule has 0 radical (unpaired) electrons. The molecule has 1 fully saturated rings. The Morgan fingerprint density at radius 3 is 2.76 bits per heavy atom. The van der Waals surface area contributed by atoms with Gasteiger partial charge in [-0.3, -0.25) is 4.79 Å². The van der Waals surface area contributed by atoms with E-state index in [1.54, 1.807) is 6.07 Å². The standard InChI is InChI=1S/C13H19N3O/c1-10-4-3-5-12(15-10)13(17)16(2)11-6-8-14-9-7-11/h3-5,11,14H,6-9H2,1-2H3. The van der Waals surface area contributed by atoms with Crippen LogP contribution in [0, 0.1) is 6.92 Å². The summed E-state index contributed by atoms with van der Waals surface area (Å²) >= 11 is 0. The maximum atomic E-state index is 12.2. The van der Waals surface area contributed by atoms with Gasteiger partial charge in [0, 0.05) is 18.8 Å². The van der Waals surface area contributed by atoms with E-state index in [2.05, 4.69) is 10.3 Å². The van der Waals surface area contributed by atoms with E-state index < -0.39 is 0 Å². The van der Waals surface area contributed by atoms with Crippen molar-refractivity contribution >= 4 is 5.91 Å². The lowest BCUT2D eigenvalue weighted by molar-refractivity contribution is 0.0697. The molecule has 1 saturated heterocycles. The van der Waals surface area contributed by atoms with Crippen molar-refractivity contribution < 1.29 is 4.79 Å². The quantitative estimate of drug-likeness (QED) is 0.835. The number of carbonyl (C=O) groups is 1. The molecule has 2 rings (SSSR count). The third-order valence-corrected chi connectivity index (χ3v) is 3.28. The van der Waals surface area contributed by atoms with Crippen molar-refractivity contribution in [1.29, 1.82) is 0 Å². The van der Waals surface area contributed by atoms with Crippen LogP contribution in [0.15, 0.2) is 18.2 Å². The first kappa shape index (κ1) is 12.0. The molecule has 0 atom stereocenters. The lowest BCUT2D eigenvalue weighted by Crippen LogP contribution is -2.44. The Morgan fingerprint density at radius 2 is 2.12 bits per heavy atom. The fourth-order valence-corrected chi connectivity index (χ4v) is 2.20. The lowest BCUT2D eigenvalue weighted by atomic mass is 10.1. The Morgan fingerprint density at radius 1 is 1.41 bits per heavy atom. The number of hydrogen-bond donors (Lipinski definition) is 1. The van der Waals surface area contributed by atoms with Gasteiger partial charge < -0.3 is 10.2 Å². The van der Waals surface area contributed by atoms with Crippen molar-refractivity contribution in [3.63, 3.8) is 0 Å². The molecule has 0 aromatic carbocycles. The molecule has 1 amide bonds. The van der Waals surface area contributed by atoms with Gasteiger partial charge in [0.25, 0.3) is 5.91 Å². The molecule has 1 aliphatic rings. The average Bonchev–Trinajstić information content (AvgIpc) is 2.38. The van der Waals surface area contributed by atoms with Crippen molar-refractivity contribution in [2.24, 2.45) is 0 Å². The molecule has 0 saturated carbocycles. The highest BCUT2D eigenvalue weighted by molar-refractivity contribution is 5.92. The molecule has 1 aromatic heterocycles. The van der Waals surface area contributed by atoms with Crippen molar-refractivity contribution in [1.82, 2.24) is 15.2 Å². The average molecular weight is 233 g/mol. The Bertz CT molecular complexity index is 399. The van der Waals surface area contributed by atoms with E-state index in [0.717, 1.165) is 31.6 Å². The summed E-state index contributed by atoms with van der Waals surface area (Å²) in [6.45, 7) is 3.88. The van der Waals surface area contributed by atoms with Gasteiger partial charge in [-0.15, -0.1) is 0 Å². The minimum atomic E-state index is 0.0283. The monoisotopic (exact) mass is 233 g/mol. The maximum absolute atomic E-state index is 12.2. The molecule has 1 aromatic rings. The molecule has 0 unspecified atom stereocenters. The SMILES string of the molecule is Cc1cccc(C(=O)N(C)C2CCNCC2)n1. The normalized spacial score (nSPS) is 16.8. The van der Waals surface area contributed by atoms with E-state index in [9.17, 15) is 4.79 Å². The first-order chi connectivity index (χ1) is 8.18. The minimum absolute atomic E-state index is 0.0283. The van der Waals surface area contributed by atoms with Gasteiger partial charge in [-0.1, -0.05) is 6.07 Å². The van der Waals surface area contributed by atoms with Crippen LogP contribution in [0.4, 0.5) is 0 Å². The third-order valence-electron chi connectivity index (χ3n) is 3.28. The topological polar surface area (TPSA) is 45.2 Å². The maximum Gasteiger partial charge on any atom is 0.272 e. The predicted octanol–water partition coefficient (Wildman–Crippen LogP) is 1.21. The summed E-state index contributed by atoms with van der Waals surface area (Å²) in [5, 5.41) is 3.30. The number of rotatable bonds is 2. The van der Waals surface area contributed by atoms with Crippen molar-refractivity contribution in [2.75, 3.05) is 20.1 Å². The fourth-order valence-electron chi connectivity index (χ4n) is 2.20. The molecule has 4 heteroatoms. The second kappa shape index (κ2) is 5.27. The number of aryl methyl sites for hydroxylation is 1. The number of hydrogen-bond acceptors (Lipinski definition) is 3. The fraction of sp³-hybridized carbons (Fsp3) is 0.538. The van der Waals surface area contributed by atoms with Crippen LogP contribution >= 0.6 is 0 Å². The smallest absolute Gasteiger partial charge is 0.272 e. The summed E-state index contributed by atoms with van der Waals surface area (Å²) in [5.41, 5.74) is 1.43. The van der Waals surface area contributed by atoms with Crippen LogP contribution in [0.25, 0.3) is 0 Å². The number of amides is 1. The highest BCUT2D eigenvalue weighted by Gasteiger charge is 2.23. The van der Waals surface area contributed by atoms with Crippen molar-refractivity contribution in [2.45, 2.75) is 25.8 Å². The van der Waals surface area contributed by atoms with Crippen LogP contribution < -0.4 is 5.32 Å². The Hall–Kier alpha value is -1.42. The summed E-state index contributed by atoms with van der Waals surface area (Å²) in [7, 11) is 1.88. The molecule has 2 heterocycles. The zero-order valence-electron chi connectivity index (χ0n) is 10.4. The second-order valence-electron chi connectivity index (χ2n) is 4.56. The van der Waals surface area contributed by atoms with E-state index in [1.165, 1.54) is 0 Å². The molecular weight excluding hydrogens is 214 g/mol. The summed E-state index contributed by atoms with van der Waals surface area (Å²) in [6.07, 6.45) is 2.04. The summed E-state index contributed by atoms with van der Waals surface area (Å²) < 4.78 is 0. The van der Waals surface area contributed by atoms with Crippen molar-refractivity contribution in [3.05, 3.63) is 29.6 Å². The van der Waals surface area contributed by atoms with Gasteiger partial charge in [-0.2, -0.15) is 0 Å². The number of carbonyl (C=O) groups excluding carboxylic acids is 1. The van der Waals surface area contributed by atoms with Gasteiger partial charge in [0.05, 0.1) is 0 Å². The van der Waals surface area contributed by atoms with Gasteiger partial charge in [0.2, 0.25) is 0 Å². The molecule has 17 heavy (non-hydrogen) atoms. The molecule has 4 nitrogen and oxygen atoms in total. The van der Waals surface area contributed by atoms with E-state index in [-0.39, 0.29) is 5.91 Å². The minimum Gasteiger partial charge on any atom is -0.337 e. The Balaban J connectivity index is 2.08. The third kappa shape index (κ3) is 2.82. The number of nitrogens with zero attached hydrogens (tertiary/aromatic N) is 2. The number of nitrogens with one attached hydrogen (secondary N) is 1. The van der Waals surface area contributed by atoms with E-state index >= 15 is 0 Å². The molecule has 92 valence electrons. The summed E-state index contributed by atoms with van der Waals surface area (Å²) in [6, 6.07) is 5.91. The van der Waals surface area contributed by atoms with E-state index in [1.807, 2.05) is 31.0 Å². The molecule has 0 aliphatic carbocycles. The first-order valence-electron chi connectivity index (χ1n) is 6.10. The molecule has 0 bridgehead atoms. The predicted molar refractivity (Wildman–Crippen MR) is 67.0 cm³/mol. The van der Waals surface area contributed by atoms with Crippen LogP contribution in [0.5, 0.6) is 0 Å². The van der Waals surface area contributed by atoms with Gasteiger partial charge in [-0.05, 0) is 45.0 Å². The van der Waals surface area contributed by atoms with Crippen LogP contribution in [-0.2, 0) is 0 Å². The summed E-state index contributed by atoms with van der Waals surface area (Å²) in [4.78, 5) is 18.4. The van der Waals surface area contributed by atoms with Gasteiger partial charge in [0.15, 0.2) is 0 Å². The molecule has 1 aliphatic heterocycles. The van der Waals surface area contributed by atoms with Crippen LogP contribution in [-0.4, -0.2) is 42.0 Å². The first-order valence-corrected chi connectivity index (χ1v) is 6.10. The second-order valence-corrected chi connectivity index (χ2v) is 4.56. The number of aromatic nitrogens is 1. The van der Waals surface area contributed by atoms with E-state index in [4.69, 9.17) is 0 Å². The molecule has 0 spiro atoms. The largest absolute Gasteiger partial charge is 0.337 e. The lowest BCUT2D eigenvalue weighted by Gasteiger charge is -2.31. The molecular formula is C13H19N3O. The molecule has 1 N–H and O–H groups in total. The van der Waals surface area contributed by atoms with Crippen LogP contribution in [0.3, 0.4) is 0 Å². The number of piperidine rings is 1. The van der Waals surface area contributed by atoms with E-state index in [0.29, 0.717) is 11.7 Å². The van der Waals surface area contributed by atoms with Gasteiger partial charge in [0.1, 0.15) is 5.69 Å². The zero-order chi connectivity index (χ0) is 12.3. The van der Waals surface area contributed by atoms with Crippen LogP contribution in [0.1, 0.15) is 29.0 Å².